The molecule has 1 aromatic carbocycles. The standard InChI is InChI=1S/C16H19N3O4S/c1-4-23-15(20)8-12-10-24-16(18-12)19-17-9-11-7-13(21-2)5-6-14(11)22-3/h5-7,9-10H,4,8H2,1-3H3,(H,18,19). The highest BCUT2D eigenvalue weighted by Crippen LogP contribution is 2.22. The van der Waals surface area contributed by atoms with Crippen LogP contribution < -0.4 is 14.9 Å². The van der Waals surface area contributed by atoms with Gasteiger partial charge in [0, 0.05) is 10.9 Å². The Bertz CT molecular complexity index is 715. The molecule has 0 saturated heterocycles. The molecule has 0 aliphatic rings. The number of hydrogen-bond acceptors (Lipinski definition) is 8. The van der Waals surface area contributed by atoms with Crippen LogP contribution in [0, 0.1) is 0 Å². The van der Waals surface area contributed by atoms with Crippen molar-refractivity contribution in [3.63, 3.8) is 0 Å². The Labute approximate surface area is 144 Å². The summed E-state index contributed by atoms with van der Waals surface area (Å²) in [6.07, 6.45) is 1.77. The molecule has 0 aliphatic carbocycles. The third-order valence-corrected chi connectivity index (χ3v) is 3.78. The third kappa shape index (κ3) is 4.95. The van der Waals surface area contributed by atoms with Gasteiger partial charge in [-0.3, -0.25) is 10.2 Å². The number of anilines is 1. The zero-order valence-corrected chi connectivity index (χ0v) is 14.6. The maximum absolute atomic E-state index is 11.4. The Morgan fingerprint density at radius 1 is 1.38 bits per heavy atom. The summed E-state index contributed by atoms with van der Waals surface area (Å²) in [5.41, 5.74) is 4.26. The molecule has 0 aliphatic heterocycles. The number of hydrazone groups is 1. The molecule has 0 amide bonds. The van der Waals surface area contributed by atoms with Gasteiger partial charge in [-0.1, -0.05) is 0 Å². The number of esters is 1. The first kappa shape index (κ1) is 17.7. The number of aromatic nitrogens is 1. The van der Waals surface area contributed by atoms with Crippen molar-refractivity contribution in [3.8, 4) is 11.5 Å². The molecule has 0 radical (unpaired) electrons. The Balaban J connectivity index is 1.99. The molecule has 1 N–H and O–H groups in total. The van der Waals surface area contributed by atoms with Crippen LogP contribution in [0.25, 0.3) is 0 Å². The second-order valence-corrected chi connectivity index (χ2v) is 5.46. The lowest BCUT2D eigenvalue weighted by Gasteiger charge is -2.06. The zero-order chi connectivity index (χ0) is 17.4. The van der Waals surface area contributed by atoms with Crippen LogP contribution in [0.4, 0.5) is 5.13 Å². The number of nitrogens with one attached hydrogen (secondary N) is 1. The van der Waals surface area contributed by atoms with E-state index in [0.29, 0.717) is 28.9 Å². The predicted octanol–water partition coefficient (Wildman–Crippen LogP) is 2.71. The van der Waals surface area contributed by atoms with Crippen LogP contribution >= 0.6 is 11.3 Å². The van der Waals surface area contributed by atoms with Gasteiger partial charge in [0.05, 0.1) is 39.2 Å². The number of carbonyl (C=O) groups is 1. The summed E-state index contributed by atoms with van der Waals surface area (Å²) in [5, 5.41) is 6.53. The number of benzene rings is 1. The van der Waals surface area contributed by atoms with Crippen LogP contribution in [-0.4, -0.2) is 38.0 Å². The van der Waals surface area contributed by atoms with Crippen LogP contribution in [0.2, 0.25) is 0 Å². The van der Waals surface area contributed by atoms with Gasteiger partial charge >= 0.3 is 5.97 Å². The monoisotopic (exact) mass is 349 g/mol. The van der Waals surface area contributed by atoms with Gasteiger partial charge in [-0.15, -0.1) is 11.3 Å². The van der Waals surface area contributed by atoms with Crippen molar-refractivity contribution >= 4 is 28.7 Å². The van der Waals surface area contributed by atoms with Gasteiger partial charge in [0.15, 0.2) is 0 Å². The van der Waals surface area contributed by atoms with Gasteiger partial charge in [-0.25, -0.2) is 4.98 Å². The van der Waals surface area contributed by atoms with Crippen molar-refractivity contribution in [2.24, 2.45) is 5.10 Å². The minimum Gasteiger partial charge on any atom is -0.497 e. The smallest absolute Gasteiger partial charge is 0.311 e. The molecule has 0 unspecified atom stereocenters. The van der Waals surface area contributed by atoms with E-state index < -0.39 is 0 Å². The van der Waals surface area contributed by atoms with E-state index >= 15 is 0 Å². The number of rotatable bonds is 8. The van der Waals surface area contributed by atoms with Crippen molar-refractivity contribution in [2.75, 3.05) is 26.3 Å². The van der Waals surface area contributed by atoms with Crippen LogP contribution in [-0.2, 0) is 16.0 Å². The summed E-state index contributed by atoms with van der Waals surface area (Å²) in [6.45, 7) is 2.13. The van der Waals surface area contributed by atoms with Crippen molar-refractivity contribution in [3.05, 3.63) is 34.8 Å². The van der Waals surface area contributed by atoms with Gasteiger partial charge in [-0.2, -0.15) is 5.10 Å². The molecule has 24 heavy (non-hydrogen) atoms. The molecule has 2 aromatic rings. The molecule has 0 fully saturated rings. The van der Waals surface area contributed by atoms with E-state index in [1.54, 1.807) is 38.8 Å². The van der Waals surface area contributed by atoms with Crippen molar-refractivity contribution in [1.82, 2.24) is 4.98 Å². The number of methoxy groups -OCH3 is 2. The fourth-order valence-corrected chi connectivity index (χ4v) is 2.56. The molecule has 7 nitrogen and oxygen atoms in total. The van der Waals surface area contributed by atoms with Crippen molar-refractivity contribution in [2.45, 2.75) is 13.3 Å². The minimum atomic E-state index is -0.293. The Hall–Kier alpha value is -2.61. The summed E-state index contributed by atoms with van der Waals surface area (Å²) >= 11 is 1.36. The van der Waals surface area contributed by atoms with E-state index in [0.717, 1.165) is 5.56 Å². The lowest BCUT2D eigenvalue weighted by molar-refractivity contribution is -0.142. The maximum atomic E-state index is 11.4. The molecule has 1 heterocycles. The molecule has 0 saturated carbocycles. The molecule has 128 valence electrons. The van der Waals surface area contributed by atoms with E-state index in [-0.39, 0.29) is 12.4 Å². The number of nitrogens with zero attached hydrogens (tertiary/aromatic N) is 2. The third-order valence-electron chi connectivity index (χ3n) is 2.98. The highest BCUT2D eigenvalue weighted by atomic mass is 32.1. The summed E-state index contributed by atoms with van der Waals surface area (Å²) in [7, 11) is 3.19. The van der Waals surface area contributed by atoms with E-state index in [4.69, 9.17) is 14.2 Å². The first-order valence-corrected chi connectivity index (χ1v) is 8.15. The summed E-state index contributed by atoms with van der Waals surface area (Å²) in [6, 6.07) is 5.44. The fourth-order valence-electron chi connectivity index (χ4n) is 1.90. The molecule has 0 bridgehead atoms. The van der Waals surface area contributed by atoms with Gasteiger partial charge in [0.1, 0.15) is 11.5 Å². The molecular weight excluding hydrogens is 330 g/mol. The van der Waals surface area contributed by atoms with Crippen LogP contribution in [0.15, 0.2) is 28.7 Å². The van der Waals surface area contributed by atoms with Crippen LogP contribution in [0.5, 0.6) is 11.5 Å². The van der Waals surface area contributed by atoms with Crippen molar-refractivity contribution < 1.29 is 19.0 Å². The number of ether oxygens (including phenoxy) is 3. The van der Waals surface area contributed by atoms with E-state index in [9.17, 15) is 4.79 Å². The normalized spacial score (nSPS) is 10.6. The summed E-state index contributed by atoms with van der Waals surface area (Å²) in [4.78, 5) is 15.7. The Morgan fingerprint density at radius 3 is 2.92 bits per heavy atom. The zero-order valence-electron chi connectivity index (χ0n) is 13.7. The number of carbonyl (C=O) groups excluding carboxylic acids is 1. The fraction of sp³-hybridized carbons (Fsp3) is 0.312. The molecular formula is C16H19N3O4S. The first-order valence-electron chi connectivity index (χ1n) is 7.27. The summed E-state index contributed by atoms with van der Waals surface area (Å²) in [5.74, 6) is 1.10. The predicted molar refractivity (Wildman–Crippen MR) is 93.2 cm³/mol. The average molecular weight is 349 g/mol. The second kappa shape index (κ2) is 8.88. The molecule has 2 rings (SSSR count). The molecule has 1 aromatic heterocycles. The minimum absolute atomic E-state index is 0.152. The topological polar surface area (TPSA) is 82.0 Å². The largest absolute Gasteiger partial charge is 0.497 e. The summed E-state index contributed by atoms with van der Waals surface area (Å²) < 4.78 is 15.4. The molecule has 8 heteroatoms. The quantitative estimate of drug-likeness (QED) is 0.448. The van der Waals surface area contributed by atoms with Gasteiger partial charge in [0.25, 0.3) is 0 Å². The SMILES string of the molecule is CCOC(=O)Cc1csc(NN=Cc2cc(OC)ccc2OC)n1. The highest BCUT2D eigenvalue weighted by molar-refractivity contribution is 7.13. The van der Waals surface area contributed by atoms with Gasteiger partial charge in [0.2, 0.25) is 5.13 Å². The Kier molecular flexibility index (Phi) is 6.56. The Morgan fingerprint density at radius 2 is 2.21 bits per heavy atom. The van der Waals surface area contributed by atoms with E-state index in [1.807, 2.05) is 12.1 Å². The lowest BCUT2D eigenvalue weighted by atomic mass is 10.2. The second-order valence-electron chi connectivity index (χ2n) is 4.60. The van der Waals surface area contributed by atoms with Crippen molar-refractivity contribution in [1.29, 1.82) is 0 Å². The van der Waals surface area contributed by atoms with Gasteiger partial charge in [-0.05, 0) is 25.1 Å². The number of hydrogen-bond donors (Lipinski definition) is 1. The highest BCUT2D eigenvalue weighted by Gasteiger charge is 2.08. The van der Waals surface area contributed by atoms with E-state index in [1.165, 1.54) is 11.3 Å². The lowest BCUT2D eigenvalue weighted by Crippen LogP contribution is -2.07. The average Bonchev–Trinajstić information content (AvgIpc) is 3.02. The molecule has 0 atom stereocenters. The van der Waals surface area contributed by atoms with Crippen LogP contribution in [0.1, 0.15) is 18.2 Å². The van der Waals surface area contributed by atoms with Gasteiger partial charge < -0.3 is 14.2 Å². The van der Waals surface area contributed by atoms with E-state index in [2.05, 4.69) is 15.5 Å². The van der Waals surface area contributed by atoms with Crippen LogP contribution in [0.3, 0.4) is 0 Å². The first-order chi connectivity index (χ1) is 11.7. The maximum Gasteiger partial charge on any atom is 0.311 e. The number of thiazole rings is 1. The molecule has 0 spiro atoms.